The number of para-hydroxylation sites is 1. The largest absolute Gasteiger partial charge is 0.496 e. The molecule has 7 heteroatoms. The van der Waals surface area contributed by atoms with E-state index in [1.807, 2.05) is 49.4 Å². The van der Waals surface area contributed by atoms with Crippen molar-refractivity contribution in [2.75, 3.05) is 18.6 Å². The van der Waals surface area contributed by atoms with E-state index in [2.05, 4.69) is 5.32 Å². The number of methoxy groups -OCH3 is 1. The third kappa shape index (κ3) is 4.39. The van der Waals surface area contributed by atoms with Crippen LogP contribution < -0.4 is 15.0 Å². The van der Waals surface area contributed by atoms with Crippen molar-refractivity contribution in [1.29, 1.82) is 0 Å². The number of ether oxygens (including phenoxy) is 1. The number of nitrogens with one attached hydrogen (secondary N) is 1. The first-order valence-corrected chi connectivity index (χ1v) is 9.43. The SMILES string of the molecule is COc1ccccc1C1C(C(=O)NCC(=O)O)CCC(=O)N1c1ccc(C)cc1. The van der Waals surface area contributed by atoms with Crippen LogP contribution in [0.1, 0.15) is 30.0 Å². The molecule has 1 saturated heterocycles. The molecule has 1 aliphatic rings. The van der Waals surface area contributed by atoms with Crippen LogP contribution in [0.3, 0.4) is 0 Å². The van der Waals surface area contributed by atoms with Crippen molar-refractivity contribution in [1.82, 2.24) is 5.32 Å². The van der Waals surface area contributed by atoms with Crippen LogP contribution in [0, 0.1) is 12.8 Å². The molecule has 0 saturated carbocycles. The number of aryl methyl sites for hydroxylation is 1. The van der Waals surface area contributed by atoms with E-state index < -0.39 is 30.4 Å². The lowest BCUT2D eigenvalue weighted by molar-refractivity contribution is -0.139. The van der Waals surface area contributed by atoms with E-state index in [4.69, 9.17) is 9.84 Å². The van der Waals surface area contributed by atoms with Crippen molar-refractivity contribution in [2.24, 2.45) is 5.92 Å². The molecular weight excluding hydrogens is 372 g/mol. The molecule has 2 atom stereocenters. The Morgan fingerprint density at radius 3 is 2.52 bits per heavy atom. The number of carbonyl (C=O) groups is 3. The fourth-order valence-corrected chi connectivity index (χ4v) is 3.74. The number of benzene rings is 2. The number of carboxylic acids is 1. The molecule has 0 aliphatic carbocycles. The second kappa shape index (κ2) is 8.77. The fourth-order valence-electron chi connectivity index (χ4n) is 3.74. The Labute approximate surface area is 169 Å². The van der Waals surface area contributed by atoms with Gasteiger partial charge >= 0.3 is 5.97 Å². The number of carbonyl (C=O) groups excluding carboxylic acids is 2. The van der Waals surface area contributed by atoms with Gasteiger partial charge in [-0.25, -0.2) is 0 Å². The highest BCUT2D eigenvalue weighted by molar-refractivity contribution is 5.98. The molecule has 3 rings (SSSR count). The average Bonchev–Trinajstić information content (AvgIpc) is 2.72. The van der Waals surface area contributed by atoms with Gasteiger partial charge in [-0.05, 0) is 31.5 Å². The van der Waals surface area contributed by atoms with Crippen LogP contribution >= 0.6 is 0 Å². The summed E-state index contributed by atoms with van der Waals surface area (Å²) in [4.78, 5) is 38.4. The molecule has 0 bridgehead atoms. The standard InChI is InChI=1S/C22H24N2O5/c1-14-7-9-15(10-8-14)24-19(25)12-11-17(22(28)23-13-20(26)27)21(24)16-5-3-4-6-18(16)29-2/h3-10,17,21H,11-13H2,1-2H3,(H,23,28)(H,26,27). The molecule has 1 heterocycles. The van der Waals surface area contributed by atoms with Crippen LogP contribution in [-0.2, 0) is 14.4 Å². The molecule has 152 valence electrons. The summed E-state index contributed by atoms with van der Waals surface area (Å²) in [6.07, 6.45) is 0.528. The van der Waals surface area contributed by atoms with E-state index in [1.54, 1.807) is 18.1 Å². The maximum atomic E-state index is 13.0. The molecule has 2 amide bonds. The minimum Gasteiger partial charge on any atom is -0.496 e. The van der Waals surface area contributed by atoms with Gasteiger partial charge in [-0.1, -0.05) is 35.9 Å². The lowest BCUT2D eigenvalue weighted by Gasteiger charge is -2.41. The first-order valence-electron chi connectivity index (χ1n) is 9.43. The zero-order valence-corrected chi connectivity index (χ0v) is 16.4. The van der Waals surface area contributed by atoms with Gasteiger partial charge in [-0.15, -0.1) is 0 Å². The molecule has 29 heavy (non-hydrogen) atoms. The first-order chi connectivity index (χ1) is 13.9. The molecule has 0 aromatic heterocycles. The van der Waals surface area contributed by atoms with Crippen molar-refractivity contribution in [3.8, 4) is 5.75 Å². The smallest absolute Gasteiger partial charge is 0.322 e. The Balaban J connectivity index is 2.08. The van der Waals surface area contributed by atoms with E-state index in [0.29, 0.717) is 23.4 Å². The summed E-state index contributed by atoms with van der Waals surface area (Å²) >= 11 is 0. The van der Waals surface area contributed by atoms with Crippen LogP contribution in [0.15, 0.2) is 48.5 Å². The Kier molecular flexibility index (Phi) is 6.16. The Hall–Kier alpha value is -3.35. The normalized spacial score (nSPS) is 19.0. The average molecular weight is 396 g/mol. The minimum atomic E-state index is -1.12. The van der Waals surface area contributed by atoms with E-state index in [0.717, 1.165) is 5.56 Å². The highest BCUT2D eigenvalue weighted by Crippen LogP contribution is 2.43. The molecule has 0 radical (unpaired) electrons. The molecule has 2 unspecified atom stereocenters. The van der Waals surface area contributed by atoms with Gasteiger partial charge in [0.2, 0.25) is 11.8 Å². The van der Waals surface area contributed by atoms with Gasteiger partial charge in [0.05, 0.1) is 19.1 Å². The number of carboxylic acid groups (broad SMARTS) is 1. The highest BCUT2D eigenvalue weighted by Gasteiger charge is 2.42. The predicted molar refractivity (Wildman–Crippen MR) is 108 cm³/mol. The quantitative estimate of drug-likeness (QED) is 0.783. The van der Waals surface area contributed by atoms with Gasteiger partial charge in [0, 0.05) is 17.7 Å². The summed E-state index contributed by atoms with van der Waals surface area (Å²) in [6.45, 7) is 1.49. The molecule has 1 aliphatic heterocycles. The topological polar surface area (TPSA) is 95.9 Å². The third-order valence-corrected chi connectivity index (χ3v) is 5.12. The number of hydrogen-bond donors (Lipinski definition) is 2. The van der Waals surface area contributed by atoms with Crippen molar-refractivity contribution < 1.29 is 24.2 Å². The molecule has 1 fully saturated rings. The van der Waals surface area contributed by atoms with Crippen molar-refractivity contribution >= 4 is 23.5 Å². The monoisotopic (exact) mass is 396 g/mol. The number of hydrogen-bond acceptors (Lipinski definition) is 4. The molecule has 7 nitrogen and oxygen atoms in total. The van der Waals surface area contributed by atoms with Crippen LogP contribution in [-0.4, -0.2) is 36.5 Å². The Bertz CT molecular complexity index is 910. The number of piperidine rings is 1. The van der Waals surface area contributed by atoms with Gasteiger partial charge in [0.15, 0.2) is 0 Å². The molecule has 0 spiro atoms. The third-order valence-electron chi connectivity index (χ3n) is 5.12. The lowest BCUT2D eigenvalue weighted by atomic mass is 9.82. The molecule has 2 aromatic rings. The van der Waals surface area contributed by atoms with Crippen LogP contribution in [0.25, 0.3) is 0 Å². The van der Waals surface area contributed by atoms with Gasteiger partial charge in [-0.2, -0.15) is 0 Å². The lowest BCUT2D eigenvalue weighted by Crippen LogP contribution is -2.49. The maximum Gasteiger partial charge on any atom is 0.322 e. The van der Waals surface area contributed by atoms with Crippen LogP contribution in [0.5, 0.6) is 5.75 Å². The van der Waals surface area contributed by atoms with Gasteiger partial charge < -0.3 is 20.1 Å². The summed E-state index contributed by atoms with van der Waals surface area (Å²) in [5, 5.41) is 11.4. The highest BCUT2D eigenvalue weighted by atomic mass is 16.5. The summed E-state index contributed by atoms with van der Waals surface area (Å²) in [6, 6.07) is 14.2. The summed E-state index contributed by atoms with van der Waals surface area (Å²) in [5.41, 5.74) is 2.45. The number of aliphatic carboxylic acids is 1. The maximum absolute atomic E-state index is 13.0. The van der Waals surface area contributed by atoms with Crippen LogP contribution in [0.2, 0.25) is 0 Å². The second-order valence-electron chi connectivity index (χ2n) is 7.04. The van der Waals surface area contributed by atoms with E-state index >= 15 is 0 Å². The number of rotatable bonds is 6. The molecular formula is C22H24N2O5. The first kappa shape index (κ1) is 20.4. The van der Waals surface area contributed by atoms with Crippen molar-refractivity contribution in [3.05, 3.63) is 59.7 Å². The Morgan fingerprint density at radius 1 is 1.17 bits per heavy atom. The second-order valence-corrected chi connectivity index (χ2v) is 7.04. The van der Waals surface area contributed by atoms with Crippen LogP contribution in [0.4, 0.5) is 5.69 Å². The van der Waals surface area contributed by atoms with Crippen molar-refractivity contribution in [2.45, 2.75) is 25.8 Å². The van der Waals surface area contributed by atoms with Gasteiger partial charge in [0.25, 0.3) is 0 Å². The van der Waals surface area contributed by atoms with Gasteiger partial charge in [0.1, 0.15) is 12.3 Å². The summed E-state index contributed by atoms with van der Waals surface area (Å²) in [7, 11) is 1.54. The minimum absolute atomic E-state index is 0.0907. The predicted octanol–water partition coefficient (Wildman–Crippen LogP) is 2.69. The summed E-state index contributed by atoms with van der Waals surface area (Å²) in [5.74, 6) is -1.64. The van der Waals surface area contributed by atoms with Crippen molar-refractivity contribution in [3.63, 3.8) is 0 Å². The zero-order chi connectivity index (χ0) is 21.0. The Morgan fingerprint density at radius 2 is 1.86 bits per heavy atom. The number of anilines is 1. The number of nitrogens with zero attached hydrogens (tertiary/aromatic N) is 1. The molecule has 2 N–H and O–H groups in total. The van der Waals surface area contributed by atoms with E-state index in [1.165, 1.54) is 0 Å². The van der Waals surface area contributed by atoms with E-state index in [9.17, 15) is 14.4 Å². The fraction of sp³-hybridized carbons (Fsp3) is 0.318. The summed E-state index contributed by atoms with van der Waals surface area (Å²) < 4.78 is 5.50. The van der Waals surface area contributed by atoms with Gasteiger partial charge in [-0.3, -0.25) is 14.4 Å². The van der Waals surface area contributed by atoms with E-state index in [-0.39, 0.29) is 12.3 Å². The molecule has 2 aromatic carbocycles. The zero-order valence-electron chi connectivity index (χ0n) is 16.4. The number of amides is 2.